The lowest BCUT2D eigenvalue weighted by Gasteiger charge is -2.27. The maximum absolute atomic E-state index is 7.04. The lowest BCUT2D eigenvalue weighted by atomic mass is 9.86. The molecule has 8 aromatic rings. The summed E-state index contributed by atoms with van der Waals surface area (Å²) in [4.78, 5) is 9.91. The zero-order valence-electron chi connectivity index (χ0n) is 39.3. The van der Waals surface area contributed by atoms with Crippen molar-refractivity contribution in [2.24, 2.45) is 0 Å². The van der Waals surface area contributed by atoms with E-state index in [2.05, 4.69) is 237 Å². The molecule has 1 aliphatic heterocycles. The molecule has 1 aliphatic rings. The van der Waals surface area contributed by atoms with Gasteiger partial charge in [0.05, 0.1) is 22.4 Å². The Bertz CT molecular complexity index is 3000. The Kier molecular flexibility index (Phi) is 10.1. The van der Waals surface area contributed by atoms with Gasteiger partial charge in [0.25, 0.3) is 0 Å². The largest absolute Gasteiger partial charge is 0.457 e. The molecule has 5 heteroatoms. The molecule has 63 heavy (non-hydrogen) atoms. The van der Waals surface area contributed by atoms with Crippen molar-refractivity contribution in [1.29, 1.82) is 0 Å². The first kappa shape index (κ1) is 42.0. The van der Waals surface area contributed by atoms with E-state index in [0.717, 1.165) is 39.4 Å². The first-order valence-corrected chi connectivity index (χ1v) is 22.5. The van der Waals surface area contributed by atoms with Gasteiger partial charge in [-0.1, -0.05) is 138 Å². The molecule has 9 rings (SSSR count). The van der Waals surface area contributed by atoms with E-state index in [1.807, 2.05) is 6.20 Å². The number of ether oxygens (including phenoxy) is 1. The first-order valence-electron chi connectivity index (χ1n) is 22.5. The summed E-state index contributed by atoms with van der Waals surface area (Å²) in [5.74, 6) is 2.47. The third kappa shape index (κ3) is 8.10. The van der Waals surface area contributed by atoms with Crippen molar-refractivity contribution in [3.63, 3.8) is 0 Å². The highest BCUT2D eigenvalue weighted by Gasteiger charge is 2.32. The van der Waals surface area contributed by atoms with Gasteiger partial charge in [-0.15, -0.1) is 0 Å². The van der Waals surface area contributed by atoms with Crippen molar-refractivity contribution >= 4 is 44.6 Å². The number of anilines is 4. The predicted molar refractivity (Wildman–Crippen MR) is 267 cm³/mol. The summed E-state index contributed by atoms with van der Waals surface area (Å²) in [6.07, 6.45) is 1.94. The van der Waals surface area contributed by atoms with Crippen molar-refractivity contribution in [2.45, 2.75) is 105 Å². The zero-order valence-corrected chi connectivity index (χ0v) is 39.3. The Morgan fingerprint density at radius 2 is 1.10 bits per heavy atom. The molecule has 0 fully saturated rings. The molecule has 2 aromatic heterocycles. The van der Waals surface area contributed by atoms with Gasteiger partial charge in [0.15, 0.2) is 0 Å². The lowest BCUT2D eigenvalue weighted by molar-refractivity contribution is 0.479. The Labute approximate surface area is 375 Å². The van der Waals surface area contributed by atoms with Gasteiger partial charge in [0.2, 0.25) is 0 Å². The van der Waals surface area contributed by atoms with Gasteiger partial charge in [0, 0.05) is 40.5 Å². The lowest BCUT2D eigenvalue weighted by Crippen LogP contribution is -2.25. The van der Waals surface area contributed by atoms with E-state index in [0.29, 0.717) is 6.67 Å². The molecule has 0 unspecified atom stereocenters. The number of fused-ring (bicyclic) bond motifs is 4. The topological polar surface area (TPSA) is 33.5 Å². The van der Waals surface area contributed by atoms with E-state index in [4.69, 9.17) is 9.72 Å². The van der Waals surface area contributed by atoms with Crippen LogP contribution in [-0.4, -0.2) is 16.2 Å². The first-order chi connectivity index (χ1) is 29.7. The fourth-order valence-corrected chi connectivity index (χ4v) is 8.81. The molecule has 0 atom stereocenters. The van der Waals surface area contributed by atoms with Crippen molar-refractivity contribution in [1.82, 2.24) is 9.55 Å². The van der Waals surface area contributed by atoms with E-state index < -0.39 is 0 Å². The van der Waals surface area contributed by atoms with Gasteiger partial charge in [0.1, 0.15) is 24.0 Å². The average molecular weight is 831 g/mol. The smallest absolute Gasteiger partial charge is 0.137 e. The van der Waals surface area contributed by atoms with Crippen LogP contribution < -0.4 is 14.5 Å². The second-order valence-electron chi connectivity index (χ2n) is 21.6. The van der Waals surface area contributed by atoms with Crippen LogP contribution in [0.25, 0.3) is 38.8 Å². The fourth-order valence-electron chi connectivity index (χ4n) is 8.81. The summed E-state index contributed by atoms with van der Waals surface area (Å²) in [5.41, 5.74) is 14.2. The van der Waals surface area contributed by atoms with Gasteiger partial charge in [-0.2, -0.15) is 0 Å². The maximum atomic E-state index is 7.04. The second kappa shape index (κ2) is 15.2. The number of aromatic nitrogens is 2. The van der Waals surface area contributed by atoms with Crippen LogP contribution in [0.3, 0.4) is 0 Å². The number of hydrogen-bond donors (Lipinski definition) is 0. The Balaban J connectivity index is 1.17. The molecule has 0 N–H and O–H groups in total. The van der Waals surface area contributed by atoms with Gasteiger partial charge in [-0.3, -0.25) is 4.57 Å². The monoisotopic (exact) mass is 830 g/mol. The Morgan fingerprint density at radius 3 is 1.81 bits per heavy atom. The summed E-state index contributed by atoms with van der Waals surface area (Å²) < 4.78 is 9.34. The molecule has 0 radical (unpaired) electrons. The van der Waals surface area contributed by atoms with Crippen LogP contribution >= 0.6 is 0 Å². The maximum Gasteiger partial charge on any atom is 0.137 e. The Hall–Kier alpha value is -6.33. The van der Waals surface area contributed by atoms with Crippen LogP contribution in [0.1, 0.15) is 105 Å². The normalized spacial score (nSPS) is 13.6. The molecular weight excluding hydrogens is 769 g/mol. The summed E-state index contributed by atoms with van der Waals surface area (Å²) >= 11 is 0. The molecule has 0 aliphatic carbocycles. The second-order valence-corrected chi connectivity index (χ2v) is 21.6. The van der Waals surface area contributed by atoms with Crippen molar-refractivity contribution in [3.8, 4) is 28.4 Å². The standard InChI is InChI=1S/C58H62N4O/c1-55(2,3)40-19-16-20-44(30-40)60-37-61(53-33-41(56(4,5)6)22-26-51(53)60)45-31-43(58(10,11)12)32-47(35-45)63-46-23-24-48-49-29-39(38-17-14-13-15-18-38)21-25-50(49)62(52(48)36-46)54-34-42(27-28-59-54)57(7,8)9/h13-36H,37H2,1-12H3. The van der Waals surface area contributed by atoms with E-state index in [-0.39, 0.29) is 21.7 Å². The minimum atomic E-state index is -0.124. The molecule has 3 heterocycles. The summed E-state index contributed by atoms with van der Waals surface area (Å²) in [6.45, 7) is 28.0. The molecule has 6 aromatic carbocycles. The minimum Gasteiger partial charge on any atom is -0.457 e. The number of pyridine rings is 1. The Morgan fingerprint density at radius 1 is 0.429 bits per heavy atom. The van der Waals surface area contributed by atoms with Crippen LogP contribution in [-0.2, 0) is 21.7 Å². The van der Waals surface area contributed by atoms with Gasteiger partial charge < -0.3 is 14.5 Å². The third-order valence-corrected chi connectivity index (χ3v) is 12.7. The molecule has 5 nitrogen and oxygen atoms in total. The number of hydrogen-bond acceptors (Lipinski definition) is 4. The van der Waals surface area contributed by atoms with Gasteiger partial charge >= 0.3 is 0 Å². The van der Waals surface area contributed by atoms with Crippen molar-refractivity contribution in [3.05, 3.63) is 168 Å². The highest BCUT2D eigenvalue weighted by Crippen LogP contribution is 2.48. The highest BCUT2D eigenvalue weighted by atomic mass is 16.5. The van der Waals surface area contributed by atoms with Gasteiger partial charge in [-0.05, 0) is 128 Å². The van der Waals surface area contributed by atoms with Crippen LogP contribution in [0.4, 0.5) is 22.7 Å². The van der Waals surface area contributed by atoms with Crippen LogP contribution in [0.15, 0.2) is 146 Å². The fraction of sp³-hybridized carbons (Fsp3) is 0.293. The molecule has 320 valence electrons. The highest BCUT2D eigenvalue weighted by molar-refractivity contribution is 6.10. The van der Waals surface area contributed by atoms with Crippen molar-refractivity contribution in [2.75, 3.05) is 16.5 Å². The zero-order chi connectivity index (χ0) is 44.6. The van der Waals surface area contributed by atoms with Crippen molar-refractivity contribution < 1.29 is 4.74 Å². The summed E-state index contributed by atoms with van der Waals surface area (Å²) in [5, 5.41) is 2.33. The van der Waals surface area contributed by atoms with E-state index in [1.165, 1.54) is 55.8 Å². The van der Waals surface area contributed by atoms with Crippen LogP contribution in [0, 0.1) is 0 Å². The summed E-state index contributed by atoms with van der Waals surface area (Å²) in [7, 11) is 0. The van der Waals surface area contributed by atoms with Gasteiger partial charge in [-0.25, -0.2) is 4.98 Å². The number of rotatable bonds is 6. The molecule has 0 amide bonds. The van der Waals surface area contributed by atoms with E-state index in [1.54, 1.807) is 0 Å². The third-order valence-electron chi connectivity index (χ3n) is 12.7. The minimum absolute atomic E-state index is 0.00436. The van der Waals surface area contributed by atoms with Crippen LogP contribution in [0.5, 0.6) is 11.5 Å². The SMILES string of the molecule is CC(C)(C)c1cccc(N2CN(c3cc(Oc4ccc5c6cc(-c7ccccc7)ccc6n(-c6cc(C(C)(C)C)ccn6)c5c4)cc(C(C)(C)C)c3)c3cc(C(C)(C)C)ccc32)c1. The van der Waals surface area contributed by atoms with E-state index >= 15 is 0 Å². The molecule has 0 spiro atoms. The number of benzene rings is 6. The van der Waals surface area contributed by atoms with E-state index in [9.17, 15) is 0 Å². The predicted octanol–water partition coefficient (Wildman–Crippen LogP) is 16.1. The molecule has 0 bridgehead atoms. The molecule has 0 saturated heterocycles. The quantitative estimate of drug-likeness (QED) is 0.167. The molecular formula is C58H62N4O. The van der Waals surface area contributed by atoms with Crippen LogP contribution in [0.2, 0.25) is 0 Å². The number of nitrogens with zero attached hydrogens (tertiary/aromatic N) is 4. The summed E-state index contributed by atoms with van der Waals surface area (Å²) in [6, 6.07) is 51.1. The average Bonchev–Trinajstić information content (AvgIpc) is 3.78. The molecule has 0 saturated carbocycles.